The zero-order valence-electron chi connectivity index (χ0n) is 16.2. The van der Waals surface area contributed by atoms with Gasteiger partial charge in [-0.3, -0.25) is 4.79 Å². The van der Waals surface area contributed by atoms with Gasteiger partial charge in [-0.25, -0.2) is 13.1 Å². The number of benzene rings is 2. The molecule has 1 aliphatic rings. The van der Waals surface area contributed by atoms with Gasteiger partial charge in [-0.1, -0.05) is 31.2 Å². The minimum absolute atomic E-state index is 0.0701. The number of nitrogens with one attached hydrogen (secondary N) is 1. The molecule has 6 nitrogen and oxygen atoms in total. The van der Waals surface area contributed by atoms with E-state index in [1.54, 1.807) is 17.0 Å². The Morgan fingerprint density at radius 2 is 1.82 bits per heavy atom. The molecule has 3 rings (SSSR count). The molecule has 1 unspecified atom stereocenters. The number of rotatable bonds is 7. The van der Waals surface area contributed by atoms with Crippen LogP contribution in [-0.4, -0.2) is 38.4 Å². The Kier molecular flexibility index (Phi) is 6.36. The molecule has 0 saturated carbocycles. The highest BCUT2D eigenvalue weighted by atomic mass is 32.2. The quantitative estimate of drug-likeness (QED) is 0.773. The van der Waals surface area contributed by atoms with Crippen LogP contribution < -0.4 is 9.46 Å². The predicted octanol–water partition coefficient (Wildman–Crippen LogP) is 2.73. The molecule has 0 bridgehead atoms. The third kappa shape index (κ3) is 4.91. The van der Waals surface area contributed by atoms with Crippen molar-refractivity contribution in [2.24, 2.45) is 0 Å². The molecular formula is C21H26N2O4S. The van der Waals surface area contributed by atoms with Gasteiger partial charge in [0.1, 0.15) is 5.75 Å². The normalized spacial score (nSPS) is 15.0. The summed E-state index contributed by atoms with van der Waals surface area (Å²) < 4.78 is 32.7. The largest absolute Gasteiger partial charge is 0.484 e. The Hall–Kier alpha value is -2.38. The highest BCUT2D eigenvalue weighted by Gasteiger charge is 2.21. The lowest BCUT2D eigenvalue weighted by molar-refractivity contribution is -0.134. The van der Waals surface area contributed by atoms with Gasteiger partial charge in [0.15, 0.2) is 6.61 Å². The van der Waals surface area contributed by atoms with Crippen LogP contribution in [-0.2, 0) is 27.8 Å². The Balaban J connectivity index is 1.56. The molecule has 0 radical (unpaired) electrons. The summed E-state index contributed by atoms with van der Waals surface area (Å²) >= 11 is 0. The molecule has 1 atom stereocenters. The number of sulfonamides is 1. The first kappa shape index (κ1) is 20.4. The van der Waals surface area contributed by atoms with Gasteiger partial charge >= 0.3 is 0 Å². The van der Waals surface area contributed by atoms with Crippen LogP contribution in [0.2, 0.25) is 0 Å². The topological polar surface area (TPSA) is 75.7 Å². The van der Waals surface area contributed by atoms with Gasteiger partial charge in [0.25, 0.3) is 5.91 Å². The summed E-state index contributed by atoms with van der Waals surface area (Å²) in [6, 6.07) is 14.1. The van der Waals surface area contributed by atoms with E-state index < -0.39 is 10.0 Å². The van der Waals surface area contributed by atoms with Gasteiger partial charge < -0.3 is 9.64 Å². The molecule has 0 spiro atoms. The van der Waals surface area contributed by atoms with E-state index >= 15 is 0 Å². The lowest BCUT2D eigenvalue weighted by Crippen LogP contribution is -2.38. The van der Waals surface area contributed by atoms with Crippen LogP contribution in [0.25, 0.3) is 0 Å². The maximum Gasteiger partial charge on any atom is 0.260 e. The first-order chi connectivity index (χ1) is 13.4. The Morgan fingerprint density at radius 1 is 1.14 bits per heavy atom. The standard InChI is InChI=1S/C21H26N2O4S/c1-3-16(2)22-28(25,26)20-10-8-19(9-11-20)27-15-21(24)23-13-12-17-6-4-5-7-18(17)14-23/h4-11,16,22H,3,12-15H2,1-2H3. The van der Waals surface area contributed by atoms with E-state index in [4.69, 9.17) is 4.74 Å². The fourth-order valence-corrected chi connectivity index (χ4v) is 4.40. The van der Waals surface area contributed by atoms with Crippen LogP contribution >= 0.6 is 0 Å². The Morgan fingerprint density at radius 3 is 2.50 bits per heavy atom. The maximum absolute atomic E-state index is 12.5. The Labute approximate surface area is 166 Å². The monoisotopic (exact) mass is 402 g/mol. The van der Waals surface area contributed by atoms with Gasteiger partial charge in [0.2, 0.25) is 10.0 Å². The number of ether oxygens (including phenoxy) is 1. The fourth-order valence-electron chi connectivity index (χ4n) is 3.08. The molecule has 0 saturated heterocycles. The third-order valence-corrected chi connectivity index (χ3v) is 6.55. The van der Waals surface area contributed by atoms with Gasteiger partial charge in [0.05, 0.1) is 4.90 Å². The summed E-state index contributed by atoms with van der Waals surface area (Å²) in [5.41, 5.74) is 2.46. The van der Waals surface area contributed by atoms with E-state index in [9.17, 15) is 13.2 Å². The van der Waals surface area contributed by atoms with Gasteiger partial charge in [0, 0.05) is 19.1 Å². The number of carbonyl (C=O) groups excluding carboxylic acids is 1. The van der Waals surface area contributed by atoms with Gasteiger partial charge in [-0.15, -0.1) is 0 Å². The highest BCUT2D eigenvalue weighted by molar-refractivity contribution is 7.89. The smallest absolute Gasteiger partial charge is 0.260 e. The highest BCUT2D eigenvalue weighted by Crippen LogP contribution is 2.20. The van der Waals surface area contributed by atoms with E-state index in [1.807, 2.05) is 32.0 Å². The van der Waals surface area contributed by atoms with Crippen molar-refractivity contribution in [2.75, 3.05) is 13.2 Å². The van der Waals surface area contributed by atoms with Crippen molar-refractivity contribution in [1.29, 1.82) is 0 Å². The van der Waals surface area contributed by atoms with E-state index in [2.05, 4.69) is 10.8 Å². The van der Waals surface area contributed by atoms with Gasteiger partial charge in [-0.05, 0) is 55.2 Å². The van der Waals surface area contributed by atoms with Crippen molar-refractivity contribution >= 4 is 15.9 Å². The van der Waals surface area contributed by atoms with Crippen molar-refractivity contribution in [2.45, 2.75) is 44.2 Å². The molecule has 28 heavy (non-hydrogen) atoms. The van der Waals surface area contributed by atoms with Crippen molar-refractivity contribution in [3.05, 3.63) is 59.7 Å². The molecule has 1 amide bonds. The molecule has 0 fully saturated rings. The van der Waals surface area contributed by atoms with Crippen LogP contribution in [0.15, 0.2) is 53.4 Å². The van der Waals surface area contributed by atoms with Crippen LogP contribution in [0.4, 0.5) is 0 Å². The summed E-state index contributed by atoms with van der Waals surface area (Å²) in [7, 11) is -3.55. The van der Waals surface area contributed by atoms with Crippen molar-refractivity contribution in [3.63, 3.8) is 0 Å². The average Bonchev–Trinajstić information content (AvgIpc) is 2.71. The molecule has 1 heterocycles. The zero-order chi connectivity index (χ0) is 20.1. The second kappa shape index (κ2) is 8.75. The van der Waals surface area contributed by atoms with Crippen LogP contribution in [0.5, 0.6) is 5.75 Å². The van der Waals surface area contributed by atoms with Crippen LogP contribution in [0.3, 0.4) is 0 Å². The third-order valence-electron chi connectivity index (χ3n) is 4.95. The second-order valence-corrected chi connectivity index (χ2v) is 8.74. The number of nitrogens with zero attached hydrogens (tertiary/aromatic N) is 1. The molecule has 1 N–H and O–H groups in total. The van der Waals surface area contributed by atoms with E-state index in [0.717, 1.165) is 6.42 Å². The zero-order valence-corrected chi connectivity index (χ0v) is 17.0. The van der Waals surface area contributed by atoms with E-state index in [-0.39, 0.29) is 23.5 Å². The first-order valence-electron chi connectivity index (χ1n) is 9.49. The lowest BCUT2D eigenvalue weighted by Gasteiger charge is -2.28. The summed E-state index contributed by atoms with van der Waals surface area (Å²) in [5, 5.41) is 0. The maximum atomic E-state index is 12.5. The molecule has 2 aromatic rings. The number of hydrogen-bond acceptors (Lipinski definition) is 4. The summed E-state index contributed by atoms with van der Waals surface area (Å²) in [5.74, 6) is 0.387. The summed E-state index contributed by atoms with van der Waals surface area (Å²) in [4.78, 5) is 14.4. The number of fused-ring (bicyclic) bond motifs is 1. The summed E-state index contributed by atoms with van der Waals surface area (Å²) in [6.45, 7) is 4.94. The molecule has 2 aromatic carbocycles. The minimum atomic E-state index is -3.55. The van der Waals surface area contributed by atoms with E-state index in [1.165, 1.54) is 23.3 Å². The molecule has 150 valence electrons. The number of carbonyl (C=O) groups is 1. The molecule has 1 aliphatic heterocycles. The van der Waals surface area contributed by atoms with Crippen molar-refractivity contribution in [3.8, 4) is 5.75 Å². The number of hydrogen-bond donors (Lipinski definition) is 1. The van der Waals surface area contributed by atoms with Crippen molar-refractivity contribution < 1.29 is 17.9 Å². The molecule has 7 heteroatoms. The number of amides is 1. The van der Waals surface area contributed by atoms with Crippen molar-refractivity contribution in [1.82, 2.24) is 9.62 Å². The second-order valence-electron chi connectivity index (χ2n) is 7.02. The van der Waals surface area contributed by atoms with Gasteiger partial charge in [-0.2, -0.15) is 0 Å². The molecule has 0 aromatic heterocycles. The average molecular weight is 403 g/mol. The fraction of sp³-hybridized carbons (Fsp3) is 0.381. The lowest BCUT2D eigenvalue weighted by atomic mass is 10.00. The molecule has 0 aliphatic carbocycles. The predicted molar refractivity (Wildman–Crippen MR) is 108 cm³/mol. The van der Waals surface area contributed by atoms with E-state index in [0.29, 0.717) is 25.3 Å². The first-order valence-corrected chi connectivity index (χ1v) is 11.0. The summed E-state index contributed by atoms with van der Waals surface area (Å²) in [6.07, 6.45) is 1.56. The van der Waals surface area contributed by atoms with Crippen LogP contribution in [0, 0.1) is 0 Å². The minimum Gasteiger partial charge on any atom is -0.484 e. The van der Waals surface area contributed by atoms with Crippen LogP contribution in [0.1, 0.15) is 31.4 Å². The Bertz CT molecular complexity index is 926. The molecular weight excluding hydrogens is 376 g/mol. The SMILES string of the molecule is CCC(C)NS(=O)(=O)c1ccc(OCC(=O)N2CCc3ccccc3C2)cc1.